The van der Waals surface area contributed by atoms with Crippen molar-refractivity contribution in [1.29, 1.82) is 0 Å². The first kappa shape index (κ1) is 30.3. The molecule has 8 nitrogen and oxygen atoms in total. The van der Waals surface area contributed by atoms with Crippen LogP contribution in [0.1, 0.15) is 17.9 Å². The van der Waals surface area contributed by atoms with Crippen LogP contribution in [0.15, 0.2) is 40.9 Å². The summed E-state index contributed by atoms with van der Waals surface area (Å²) in [5, 5.41) is 11.5. The zero-order valence-corrected chi connectivity index (χ0v) is 25.3. The van der Waals surface area contributed by atoms with Crippen molar-refractivity contribution in [2.24, 2.45) is 0 Å². The Morgan fingerprint density at radius 2 is 2.00 bits per heavy atom. The van der Waals surface area contributed by atoms with E-state index < -0.39 is 32.0 Å². The molecule has 42 heavy (non-hydrogen) atoms. The summed E-state index contributed by atoms with van der Waals surface area (Å²) in [5.74, 6) is 0.683. The lowest BCUT2D eigenvalue weighted by atomic mass is 10.0. The topological polar surface area (TPSA) is 92.5 Å². The molecule has 1 aliphatic rings. The van der Waals surface area contributed by atoms with Crippen LogP contribution < -0.4 is 20.7 Å². The van der Waals surface area contributed by atoms with Crippen molar-refractivity contribution in [3.05, 3.63) is 47.9 Å². The number of nitrogens with zero attached hydrogens (tertiary/aromatic N) is 3. The van der Waals surface area contributed by atoms with Gasteiger partial charge in [0.05, 0.1) is 47.1 Å². The van der Waals surface area contributed by atoms with E-state index in [0.717, 1.165) is 17.9 Å². The second-order valence-corrected chi connectivity index (χ2v) is 15.0. The van der Waals surface area contributed by atoms with E-state index in [1.807, 2.05) is 11.9 Å². The summed E-state index contributed by atoms with van der Waals surface area (Å²) >= 11 is 1.13. The molecule has 2 N–H and O–H groups in total. The predicted molar refractivity (Wildman–Crippen MR) is 159 cm³/mol. The van der Waals surface area contributed by atoms with Gasteiger partial charge in [-0.2, -0.15) is 18.2 Å². The molecule has 0 radical (unpaired) electrons. The van der Waals surface area contributed by atoms with Crippen molar-refractivity contribution < 1.29 is 31.4 Å². The number of halogens is 4. The van der Waals surface area contributed by atoms with Crippen LogP contribution in [0.4, 0.5) is 28.9 Å². The standard InChI is InChI=1S/C28H32F4N5O3PS/c1-37-11-10-20(19(29)15-37)34-22-7-5-6-17-18(13-28(30,31)32)26(42-25(17)22)27-35-24(40-36-27)14-33-21-9-8-16(41(3,4)38)12-23(21)39-2/h5-9,12,19-20,33-34H,10-11,13-15H2,1-4H3. The fourth-order valence-electron chi connectivity index (χ4n) is 5.01. The Morgan fingerprint density at radius 3 is 2.69 bits per heavy atom. The highest BCUT2D eigenvalue weighted by molar-refractivity contribution is 7.70. The number of hydrogen-bond acceptors (Lipinski definition) is 9. The van der Waals surface area contributed by atoms with E-state index in [-0.39, 0.29) is 35.2 Å². The Kier molecular flexibility index (Phi) is 8.55. The second-order valence-electron chi connectivity index (χ2n) is 10.8. The molecule has 2 atom stereocenters. The summed E-state index contributed by atoms with van der Waals surface area (Å²) in [6, 6.07) is 9.79. The minimum Gasteiger partial charge on any atom is -0.495 e. The van der Waals surface area contributed by atoms with Crippen molar-refractivity contribution in [2.45, 2.75) is 37.8 Å². The monoisotopic (exact) mass is 625 g/mol. The maximum atomic E-state index is 14.8. The van der Waals surface area contributed by atoms with E-state index >= 15 is 0 Å². The van der Waals surface area contributed by atoms with Crippen LogP contribution in [0, 0.1) is 0 Å². The third-order valence-corrected chi connectivity index (χ3v) is 9.99. The Hall–Kier alpha value is -3.15. The van der Waals surface area contributed by atoms with Crippen molar-refractivity contribution in [1.82, 2.24) is 15.0 Å². The number of methoxy groups -OCH3 is 1. The molecule has 3 heterocycles. The third-order valence-electron chi connectivity index (χ3n) is 7.19. The lowest BCUT2D eigenvalue weighted by molar-refractivity contribution is -0.126. The average molecular weight is 626 g/mol. The first-order valence-corrected chi connectivity index (χ1v) is 16.7. The summed E-state index contributed by atoms with van der Waals surface area (Å²) in [5.41, 5.74) is 1.23. The lowest BCUT2D eigenvalue weighted by Gasteiger charge is -2.33. The van der Waals surface area contributed by atoms with Gasteiger partial charge in [0.2, 0.25) is 11.7 Å². The van der Waals surface area contributed by atoms with E-state index in [4.69, 9.17) is 9.26 Å². The van der Waals surface area contributed by atoms with E-state index in [2.05, 4.69) is 20.8 Å². The summed E-state index contributed by atoms with van der Waals surface area (Å²) in [6.45, 7) is 4.43. The Bertz CT molecular complexity index is 1620. The number of rotatable bonds is 9. The molecule has 4 aromatic rings. The number of likely N-dealkylation sites (tertiary alicyclic amines) is 1. The average Bonchev–Trinajstić information content (AvgIpc) is 3.53. The molecular weight excluding hydrogens is 593 g/mol. The van der Waals surface area contributed by atoms with Gasteiger partial charge in [0.1, 0.15) is 19.1 Å². The van der Waals surface area contributed by atoms with Crippen LogP contribution in [-0.2, 0) is 17.5 Å². The molecule has 0 aliphatic carbocycles. The summed E-state index contributed by atoms with van der Waals surface area (Å²) in [7, 11) is 0.865. The van der Waals surface area contributed by atoms with Crippen molar-refractivity contribution in [2.75, 3.05) is 51.2 Å². The highest BCUT2D eigenvalue weighted by atomic mass is 32.1. The number of ether oxygens (including phenoxy) is 1. The lowest BCUT2D eigenvalue weighted by Crippen LogP contribution is -2.46. The number of aromatic nitrogens is 2. The van der Waals surface area contributed by atoms with Crippen LogP contribution in [0.2, 0.25) is 0 Å². The molecule has 0 saturated carbocycles. The van der Waals surface area contributed by atoms with Crippen LogP contribution in [0.3, 0.4) is 0 Å². The quantitative estimate of drug-likeness (QED) is 0.164. The Morgan fingerprint density at radius 1 is 1.21 bits per heavy atom. The molecule has 0 bridgehead atoms. The molecule has 2 unspecified atom stereocenters. The van der Waals surface area contributed by atoms with Gasteiger partial charge in [0.25, 0.3) is 0 Å². The van der Waals surface area contributed by atoms with Gasteiger partial charge >= 0.3 is 6.18 Å². The van der Waals surface area contributed by atoms with Crippen molar-refractivity contribution >= 4 is 45.2 Å². The second kappa shape index (κ2) is 11.9. The van der Waals surface area contributed by atoms with Gasteiger partial charge in [-0.15, -0.1) is 11.3 Å². The van der Waals surface area contributed by atoms with Crippen molar-refractivity contribution in [3.63, 3.8) is 0 Å². The largest absolute Gasteiger partial charge is 0.495 e. The van der Waals surface area contributed by atoms with Gasteiger partial charge in [-0.05, 0) is 62.0 Å². The molecule has 226 valence electrons. The fraction of sp³-hybridized carbons (Fsp3) is 0.429. The molecule has 0 amide bonds. The van der Waals surface area contributed by atoms with Crippen molar-refractivity contribution in [3.8, 4) is 16.5 Å². The maximum absolute atomic E-state index is 14.8. The molecular formula is C28H32F4N5O3PS. The molecule has 14 heteroatoms. The number of thiophene rings is 1. The molecule has 0 spiro atoms. The number of nitrogens with one attached hydrogen (secondary N) is 2. The van der Waals surface area contributed by atoms with E-state index in [1.54, 1.807) is 49.7 Å². The number of anilines is 2. The molecule has 2 aromatic heterocycles. The first-order chi connectivity index (χ1) is 19.8. The highest BCUT2D eigenvalue weighted by Crippen LogP contribution is 2.44. The van der Waals surface area contributed by atoms with E-state index in [0.29, 0.717) is 38.9 Å². The first-order valence-electron chi connectivity index (χ1n) is 13.3. The summed E-state index contributed by atoms with van der Waals surface area (Å²) in [4.78, 5) is 6.55. The SMILES string of the molecule is COc1cc(P(C)(C)=O)ccc1NCc1nc(-c2sc3c(NC4CCN(C)CC4F)cccc3c2CC(F)(F)F)no1. The van der Waals surface area contributed by atoms with Crippen LogP contribution in [-0.4, -0.2) is 74.0 Å². The predicted octanol–water partition coefficient (Wildman–Crippen LogP) is 6.38. The fourth-order valence-corrected chi connectivity index (χ4v) is 7.09. The van der Waals surface area contributed by atoms with E-state index in [9.17, 15) is 22.1 Å². The smallest absolute Gasteiger partial charge is 0.393 e. The molecule has 1 aliphatic heterocycles. The number of alkyl halides is 4. The Labute approximate surface area is 244 Å². The van der Waals surface area contributed by atoms with Gasteiger partial charge in [0, 0.05) is 18.4 Å². The molecule has 1 fully saturated rings. The molecule has 1 saturated heterocycles. The van der Waals surface area contributed by atoms with Crippen LogP contribution in [0.5, 0.6) is 5.75 Å². The minimum absolute atomic E-state index is 0.0427. The number of hydrogen-bond donors (Lipinski definition) is 2. The number of piperidine rings is 1. The number of benzene rings is 2. The summed E-state index contributed by atoms with van der Waals surface area (Å²) < 4.78 is 79.8. The molecule has 5 rings (SSSR count). The highest BCUT2D eigenvalue weighted by Gasteiger charge is 2.33. The Balaban J connectivity index is 1.43. The van der Waals surface area contributed by atoms with Crippen LogP contribution in [0.25, 0.3) is 20.8 Å². The molecule has 2 aromatic carbocycles. The van der Waals surface area contributed by atoms with Gasteiger partial charge in [-0.1, -0.05) is 17.3 Å². The van der Waals surface area contributed by atoms with Crippen LogP contribution >= 0.6 is 18.5 Å². The van der Waals surface area contributed by atoms with Gasteiger partial charge in [0.15, 0.2) is 0 Å². The summed E-state index contributed by atoms with van der Waals surface area (Å²) in [6.07, 6.45) is -6.17. The minimum atomic E-state index is -4.47. The number of fused-ring (bicyclic) bond motifs is 1. The zero-order chi connectivity index (χ0) is 30.2. The normalized spacial score (nSPS) is 18.4. The maximum Gasteiger partial charge on any atom is 0.393 e. The third kappa shape index (κ3) is 6.74. The van der Waals surface area contributed by atoms with Gasteiger partial charge < -0.3 is 29.4 Å². The van der Waals surface area contributed by atoms with Gasteiger partial charge in [-0.3, -0.25) is 0 Å². The zero-order valence-electron chi connectivity index (χ0n) is 23.6. The van der Waals surface area contributed by atoms with E-state index in [1.165, 1.54) is 7.11 Å². The van der Waals surface area contributed by atoms with Gasteiger partial charge in [-0.25, -0.2) is 4.39 Å².